The topological polar surface area (TPSA) is 120 Å². The Bertz CT molecular complexity index is 1830. The van der Waals surface area contributed by atoms with Crippen molar-refractivity contribution in [3.05, 3.63) is 138 Å². The Kier molecular flexibility index (Phi) is 9.44. The number of pyridine rings is 2. The summed E-state index contributed by atoms with van der Waals surface area (Å²) in [7, 11) is -7.31. The van der Waals surface area contributed by atoms with Crippen LogP contribution in [-0.4, -0.2) is 26.8 Å². The maximum absolute atomic E-state index is 12.3. The molecule has 41 heavy (non-hydrogen) atoms. The molecule has 202 valence electrons. The number of aromatic nitrogens is 2. The van der Waals surface area contributed by atoms with E-state index in [9.17, 15) is 16.8 Å². The van der Waals surface area contributed by atoms with Crippen molar-refractivity contribution in [1.82, 2.24) is 9.97 Å². The van der Waals surface area contributed by atoms with Gasteiger partial charge in [0.2, 0.25) is 0 Å². The predicted molar refractivity (Wildman–Crippen MR) is 157 cm³/mol. The average Bonchev–Trinajstić information content (AvgIpc) is 2.99. The summed E-state index contributed by atoms with van der Waals surface area (Å²) in [6, 6.07) is 34.5. The number of para-hydroxylation sites is 2. The van der Waals surface area contributed by atoms with Gasteiger partial charge in [0.15, 0.2) is 0 Å². The number of benzene rings is 4. The van der Waals surface area contributed by atoms with Gasteiger partial charge < -0.3 is 4.72 Å². The molecule has 0 unspecified atom stereocenters. The molecule has 4 aromatic carbocycles. The Hall–Kier alpha value is -4.18. The normalized spacial score (nSPS) is 11.1. The SMILES string of the molecule is O=S(=O)(Nc1cccc2cccnc12)c1ccccc1.O=S(=O)([N-]c1cccc2cccnc12)c1ccccc1.[Zn]. The molecule has 0 spiro atoms. The second kappa shape index (κ2) is 13.0. The molecule has 0 radical (unpaired) electrons. The van der Waals surface area contributed by atoms with Crippen molar-refractivity contribution in [3.8, 4) is 0 Å². The first-order valence-electron chi connectivity index (χ1n) is 12.1. The minimum absolute atomic E-state index is 0. The van der Waals surface area contributed by atoms with Crippen molar-refractivity contribution >= 4 is 53.2 Å². The summed E-state index contributed by atoms with van der Waals surface area (Å²) in [5, 5.41) is 1.75. The van der Waals surface area contributed by atoms with E-state index in [2.05, 4.69) is 19.4 Å². The van der Waals surface area contributed by atoms with E-state index in [0.717, 1.165) is 10.8 Å². The molecular formula is C30H23N4O4S2Zn-. The molecular weight excluding hydrogens is 610 g/mol. The van der Waals surface area contributed by atoms with Crippen LogP contribution in [0.15, 0.2) is 144 Å². The molecule has 11 heteroatoms. The fraction of sp³-hybridized carbons (Fsp3) is 0. The van der Waals surface area contributed by atoms with E-state index < -0.39 is 20.0 Å². The summed E-state index contributed by atoms with van der Waals surface area (Å²) in [5.74, 6) is 0. The van der Waals surface area contributed by atoms with E-state index in [1.165, 1.54) is 12.1 Å². The molecule has 1 N–H and O–H groups in total. The van der Waals surface area contributed by atoms with Gasteiger partial charge in [-0.05, 0) is 47.9 Å². The number of nitrogens with one attached hydrogen (secondary N) is 1. The zero-order valence-electron chi connectivity index (χ0n) is 21.7. The van der Waals surface area contributed by atoms with Gasteiger partial charge in [0.05, 0.1) is 26.5 Å². The maximum Gasteiger partial charge on any atom is 0.261 e. The molecule has 0 aliphatic rings. The molecule has 0 atom stereocenters. The molecule has 0 aliphatic carbocycles. The van der Waals surface area contributed by atoms with Crippen LogP contribution in [0.25, 0.3) is 26.5 Å². The summed E-state index contributed by atoms with van der Waals surface area (Å²) < 4.78 is 55.6. The second-order valence-corrected chi connectivity index (χ2v) is 11.8. The number of anilines is 1. The predicted octanol–water partition coefficient (Wildman–Crippen LogP) is 6.66. The van der Waals surface area contributed by atoms with E-state index in [1.54, 1.807) is 91.3 Å². The molecule has 0 saturated carbocycles. The van der Waals surface area contributed by atoms with Crippen molar-refractivity contribution in [2.24, 2.45) is 0 Å². The number of sulfonamides is 2. The molecule has 0 bridgehead atoms. The summed E-state index contributed by atoms with van der Waals surface area (Å²) in [4.78, 5) is 8.84. The van der Waals surface area contributed by atoms with Crippen LogP contribution in [0, 0.1) is 0 Å². The molecule has 8 nitrogen and oxygen atoms in total. The number of rotatable bonds is 6. The fourth-order valence-electron chi connectivity index (χ4n) is 3.93. The summed E-state index contributed by atoms with van der Waals surface area (Å²) >= 11 is 0. The standard InChI is InChI=1S/C15H12N2O2S.C15H11N2O2S.Zn/c2*18-20(19,13-8-2-1-3-9-13)17-14-10-4-6-12-7-5-11-16-15(12)14;/h1-11,17H;1-11H;/q;-1;. The van der Waals surface area contributed by atoms with Gasteiger partial charge in [0.1, 0.15) is 10.0 Å². The van der Waals surface area contributed by atoms with Crippen molar-refractivity contribution in [1.29, 1.82) is 0 Å². The molecule has 0 fully saturated rings. The van der Waals surface area contributed by atoms with E-state index in [1.807, 2.05) is 30.3 Å². The summed E-state index contributed by atoms with van der Waals surface area (Å²) in [5.41, 5.74) is 2.04. The molecule has 0 amide bonds. The van der Waals surface area contributed by atoms with Crippen molar-refractivity contribution in [2.45, 2.75) is 9.79 Å². The van der Waals surface area contributed by atoms with Crippen LogP contribution >= 0.6 is 0 Å². The smallest absolute Gasteiger partial charge is 0.261 e. The van der Waals surface area contributed by atoms with Crippen molar-refractivity contribution in [3.63, 3.8) is 0 Å². The summed E-state index contributed by atoms with van der Waals surface area (Å²) in [6.07, 6.45) is 3.26. The third kappa shape index (κ3) is 7.13. The third-order valence-corrected chi connectivity index (χ3v) is 8.49. The van der Waals surface area contributed by atoms with Gasteiger partial charge in [-0.1, -0.05) is 78.9 Å². The summed E-state index contributed by atoms with van der Waals surface area (Å²) in [6.45, 7) is 0. The first-order chi connectivity index (χ1) is 19.3. The van der Waals surface area contributed by atoms with Crippen LogP contribution in [0.4, 0.5) is 11.4 Å². The van der Waals surface area contributed by atoms with Crippen LogP contribution < -0.4 is 4.72 Å². The Labute approximate surface area is 251 Å². The molecule has 0 aliphatic heterocycles. The Morgan fingerprint density at radius 1 is 0.537 bits per heavy atom. The van der Waals surface area contributed by atoms with E-state index in [-0.39, 0.29) is 29.3 Å². The minimum atomic E-state index is -3.72. The van der Waals surface area contributed by atoms with Gasteiger partial charge in [0.25, 0.3) is 10.0 Å². The van der Waals surface area contributed by atoms with E-state index >= 15 is 0 Å². The zero-order valence-corrected chi connectivity index (χ0v) is 26.3. The zero-order chi connectivity index (χ0) is 28.0. The van der Waals surface area contributed by atoms with Gasteiger partial charge in [-0.3, -0.25) is 14.7 Å². The molecule has 6 rings (SSSR count). The average molecular weight is 633 g/mol. The van der Waals surface area contributed by atoms with Crippen LogP contribution in [0.5, 0.6) is 0 Å². The minimum Gasteiger partial charge on any atom is -0.571 e. The first-order valence-corrected chi connectivity index (χ1v) is 15.0. The van der Waals surface area contributed by atoms with Gasteiger partial charge in [-0.25, -0.2) is 16.8 Å². The Morgan fingerprint density at radius 2 is 1.05 bits per heavy atom. The number of hydrogen-bond acceptors (Lipinski definition) is 6. The van der Waals surface area contributed by atoms with Crippen LogP contribution in [0.2, 0.25) is 0 Å². The molecule has 2 aromatic heterocycles. The van der Waals surface area contributed by atoms with E-state index in [4.69, 9.17) is 0 Å². The first kappa shape index (κ1) is 29.8. The van der Waals surface area contributed by atoms with Crippen LogP contribution in [0.1, 0.15) is 0 Å². The van der Waals surface area contributed by atoms with Gasteiger partial charge in [0, 0.05) is 37.3 Å². The largest absolute Gasteiger partial charge is 0.571 e. The van der Waals surface area contributed by atoms with Crippen molar-refractivity contribution < 1.29 is 36.3 Å². The maximum atomic E-state index is 12.3. The second-order valence-electron chi connectivity index (χ2n) is 8.53. The van der Waals surface area contributed by atoms with Crippen molar-refractivity contribution in [2.75, 3.05) is 4.72 Å². The van der Waals surface area contributed by atoms with Gasteiger partial charge in [-0.15, -0.1) is 5.69 Å². The molecule has 6 aromatic rings. The number of fused-ring (bicyclic) bond motifs is 2. The van der Waals surface area contributed by atoms with Gasteiger partial charge in [-0.2, -0.15) is 0 Å². The quantitative estimate of drug-likeness (QED) is 0.205. The molecule has 0 saturated heterocycles. The Balaban J connectivity index is 0.000000184. The van der Waals surface area contributed by atoms with Gasteiger partial charge >= 0.3 is 0 Å². The van der Waals surface area contributed by atoms with Crippen LogP contribution in [-0.2, 0) is 39.5 Å². The Morgan fingerprint density at radius 3 is 1.68 bits per heavy atom. The fourth-order valence-corrected chi connectivity index (χ4v) is 6.03. The van der Waals surface area contributed by atoms with Crippen LogP contribution in [0.3, 0.4) is 0 Å². The van der Waals surface area contributed by atoms with E-state index in [0.29, 0.717) is 22.4 Å². The number of nitrogens with zero attached hydrogens (tertiary/aromatic N) is 3. The third-order valence-electron chi connectivity index (χ3n) is 5.80. The molecule has 2 heterocycles. The monoisotopic (exact) mass is 631 g/mol. The number of hydrogen-bond donors (Lipinski definition) is 1.